The van der Waals surface area contributed by atoms with E-state index < -0.39 is 12.0 Å². The van der Waals surface area contributed by atoms with E-state index in [1.807, 2.05) is 4.90 Å². The van der Waals surface area contributed by atoms with Gasteiger partial charge in [-0.2, -0.15) is 0 Å². The van der Waals surface area contributed by atoms with E-state index in [2.05, 4.69) is 5.32 Å². The fourth-order valence-corrected chi connectivity index (χ4v) is 3.68. The number of hydrogen-bond acceptors (Lipinski definition) is 4. The second-order valence-electron chi connectivity index (χ2n) is 7.22. The Labute approximate surface area is 159 Å². The van der Waals surface area contributed by atoms with E-state index >= 15 is 0 Å². The summed E-state index contributed by atoms with van der Waals surface area (Å²) in [6.45, 7) is 3.55. The number of benzene rings is 1. The molecule has 2 atom stereocenters. The summed E-state index contributed by atoms with van der Waals surface area (Å²) >= 11 is 0. The first kappa shape index (κ1) is 19.2. The highest BCUT2D eigenvalue weighted by Crippen LogP contribution is 2.27. The van der Waals surface area contributed by atoms with E-state index in [0.717, 1.165) is 38.0 Å². The van der Waals surface area contributed by atoms with E-state index in [1.165, 1.54) is 0 Å². The molecule has 0 aromatic heterocycles. The van der Waals surface area contributed by atoms with Gasteiger partial charge in [0.05, 0.1) is 13.0 Å². The number of nitrogens with one attached hydrogen (secondary N) is 1. The maximum absolute atomic E-state index is 12.6. The van der Waals surface area contributed by atoms with Gasteiger partial charge in [-0.15, -0.1) is 0 Å². The minimum absolute atomic E-state index is 0.0422. The second kappa shape index (κ2) is 8.41. The molecule has 1 N–H and O–H groups in total. The lowest BCUT2D eigenvalue weighted by atomic mass is 10.1. The Balaban J connectivity index is 1.57. The van der Waals surface area contributed by atoms with Crippen LogP contribution in [0.1, 0.15) is 32.6 Å². The molecule has 3 amide bonds. The first-order valence-corrected chi connectivity index (χ1v) is 9.53. The highest BCUT2D eigenvalue weighted by molar-refractivity contribution is 6.01. The zero-order valence-electron chi connectivity index (χ0n) is 15.9. The molecule has 0 unspecified atom stereocenters. The number of amides is 3. The summed E-state index contributed by atoms with van der Waals surface area (Å²) in [4.78, 5) is 40.8. The number of nitrogens with zero attached hydrogens (tertiary/aromatic N) is 2. The van der Waals surface area contributed by atoms with Crippen LogP contribution in [-0.2, 0) is 14.4 Å². The molecule has 0 saturated carbocycles. The summed E-state index contributed by atoms with van der Waals surface area (Å²) in [6, 6.07) is 6.62. The average molecular weight is 373 g/mol. The van der Waals surface area contributed by atoms with E-state index in [1.54, 1.807) is 43.2 Å². The van der Waals surface area contributed by atoms with Crippen LogP contribution in [0.3, 0.4) is 0 Å². The Morgan fingerprint density at radius 1 is 1.15 bits per heavy atom. The van der Waals surface area contributed by atoms with Crippen molar-refractivity contribution in [2.24, 2.45) is 5.92 Å². The van der Waals surface area contributed by atoms with Crippen molar-refractivity contribution in [2.45, 2.75) is 38.6 Å². The quantitative estimate of drug-likeness (QED) is 0.850. The van der Waals surface area contributed by atoms with Crippen LogP contribution >= 0.6 is 0 Å². The Morgan fingerprint density at radius 2 is 1.81 bits per heavy atom. The molecule has 1 aromatic carbocycles. The van der Waals surface area contributed by atoms with E-state index in [4.69, 9.17) is 4.74 Å². The third kappa shape index (κ3) is 4.40. The standard InChI is InChI=1S/C20H27N3O4/c1-14(20(26)22-10-4-3-5-11-22)21-19(25)15-12-18(24)23(13-15)16-6-8-17(27-2)9-7-16/h6-9,14-15H,3-5,10-13H2,1-2H3,(H,21,25)/t14-,15+/m0/s1. The molecule has 2 saturated heterocycles. The second-order valence-corrected chi connectivity index (χ2v) is 7.22. The SMILES string of the molecule is COc1ccc(N2C[C@H](C(=O)N[C@@H](C)C(=O)N3CCCCC3)CC2=O)cc1. The molecular formula is C20H27N3O4. The van der Waals surface area contributed by atoms with Gasteiger partial charge in [-0.3, -0.25) is 14.4 Å². The number of methoxy groups -OCH3 is 1. The molecule has 2 aliphatic rings. The Hall–Kier alpha value is -2.57. The molecule has 0 aliphatic carbocycles. The van der Waals surface area contributed by atoms with Gasteiger partial charge in [-0.1, -0.05) is 0 Å². The molecule has 146 valence electrons. The molecular weight excluding hydrogens is 346 g/mol. The van der Waals surface area contributed by atoms with Crippen LogP contribution in [-0.4, -0.2) is 55.4 Å². The van der Waals surface area contributed by atoms with Crippen molar-refractivity contribution in [2.75, 3.05) is 31.6 Å². The monoisotopic (exact) mass is 373 g/mol. The number of hydrogen-bond donors (Lipinski definition) is 1. The first-order chi connectivity index (χ1) is 13.0. The van der Waals surface area contributed by atoms with Gasteiger partial charge in [0.25, 0.3) is 0 Å². The fourth-order valence-electron chi connectivity index (χ4n) is 3.68. The zero-order valence-corrected chi connectivity index (χ0v) is 15.9. The predicted molar refractivity (Wildman–Crippen MR) is 101 cm³/mol. The smallest absolute Gasteiger partial charge is 0.244 e. The summed E-state index contributed by atoms with van der Waals surface area (Å²) in [5.74, 6) is -0.104. The van der Waals surface area contributed by atoms with Crippen LogP contribution in [0, 0.1) is 5.92 Å². The van der Waals surface area contributed by atoms with Gasteiger partial charge in [0.2, 0.25) is 17.7 Å². The molecule has 7 nitrogen and oxygen atoms in total. The highest BCUT2D eigenvalue weighted by atomic mass is 16.5. The van der Waals surface area contributed by atoms with Crippen LogP contribution < -0.4 is 15.0 Å². The lowest BCUT2D eigenvalue weighted by Gasteiger charge is -2.29. The summed E-state index contributed by atoms with van der Waals surface area (Å²) in [7, 11) is 1.59. The molecule has 0 spiro atoms. The van der Waals surface area contributed by atoms with E-state index in [-0.39, 0.29) is 24.1 Å². The van der Waals surface area contributed by atoms with Crippen molar-refractivity contribution in [1.82, 2.24) is 10.2 Å². The van der Waals surface area contributed by atoms with Gasteiger partial charge in [0.1, 0.15) is 11.8 Å². The summed E-state index contributed by atoms with van der Waals surface area (Å²) in [5.41, 5.74) is 0.744. The Morgan fingerprint density at radius 3 is 2.44 bits per heavy atom. The molecule has 2 heterocycles. The number of carbonyl (C=O) groups is 3. The minimum Gasteiger partial charge on any atom is -0.497 e. The topological polar surface area (TPSA) is 79.0 Å². The van der Waals surface area contributed by atoms with Crippen LogP contribution in [0.15, 0.2) is 24.3 Å². The summed E-state index contributed by atoms with van der Waals surface area (Å²) in [5, 5.41) is 2.80. The van der Waals surface area contributed by atoms with Crippen molar-refractivity contribution < 1.29 is 19.1 Å². The van der Waals surface area contributed by atoms with Gasteiger partial charge in [-0.05, 0) is 50.5 Å². The molecule has 2 fully saturated rings. The molecule has 27 heavy (non-hydrogen) atoms. The Bertz CT molecular complexity index is 698. The summed E-state index contributed by atoms with van der Waals surface area (Å²) < 4.78 is 5.13. The van der Waals surface area contributed by atoms with Gasteiger partial charge >= 0.3 is 0 Å². The molecule has 1 aromatic rings. The maximum atomic E-state index is 12.6. The molecule has 7 heteroatoms. The van der Waals surface area contributed by atoms with Crippen molar-refractivity contribution >= 4 is 23.4 Å². The van der Waals surface area contributed by atoms with Crippen molar-refractivity contribution in [3.63, 3.8) is 0 Å². The Kier molecular flexibility index (Phi) is 5.98. The first-order valence-electron chi connectivity index (χ1n) is 9.53. The van der Waals surface area contributed by atoms with Crippen molar-refractivity contribution in [3.8, 4) is 5.75 Å². The van der Waals surface area contributed by atoms with Gasteiger partial charge in [0.15, 0.2) is 0 Å². The van der Waals surface area contributed by atoms with E-state index in [0.29, 0.717) is 12.3 Å². The average Bonchev–Trinajstić information content (AvgIpc) is 3.10. The number of anilines is 1. The largest absolute Gasteiger partial charge is 0.497 e. The number of rotatable bonds is 5. The normalized spacial score (nSPS) is 21.1. The maximum Gasteiger partial charge on any atom is 0.244 e. The van der Waals surface area contributed by atoms with Gasteiger partial charge in [0, 0.05) is 31.7 Å². The van der Waals surface area contributed by atoms with Crippen molar-refractivity contribution in [3.05, 3.63) is 24.3 Å². The van der Waals surface area contributed by atoms with Crippen LogP contribution in [0.2, 0.25) is 0 Å². The zero-order chi connectivity index (χ0) is 19.4. The lowest BCUT2D eigenvalue weighted by molar-refractivity contribution is -0.137. The molecule has 3 rings (SSSR count). The van der Waals surface area contributed by atoms with Crippen LogP contribution in [0.25, 0.3) is 0 Å². The lowest BCUT2D eigenvalue weighted by Crippen LogP contribution is -2.50. The fraction of sp³-hybridized carbons (Fsp3) is 0.550. The molecule has 2 aliphatic heterocycles. The number of piperidine rings is 1. The van der Waals surface area contributed by atoms with Crippen LogP contribution in [0.5, 0.6) is 5.75 Å². The minimum atomic E-state index is -0.569. The third-order valence-electron chi connectivity index (χ3n) is 5.28. The van der Waals surface area contributed by atoms with E-state index in [9.17, 15) is 14.4 Å². The number of carbonyl (C=O) groups excluding carboxylic acids is 3. The van der Waals surface area contributed by atoms with Crippen LogP contribution in [0.4, 0.5) is 5.69 Å². The molecule has 0 bridgehead atoms. The third-order valence-corrected chi connectivity index (χ3v) is 5.28. The van der Waals surface area contributed by atoms with Gasteiger partial charge < -0.3 is 19.9 Å². The highest BCUT2D eigenvalue weighted by Gasteiger charge is 2.36. The van der Waals surface area contributed by atoms with Crippen molar-refractivity contribution in [1.29, 1.82) is 0 Å². The molecule has 0 radical (unpaired) electrons. The van der Waals surface area contributed by atoms with Gasteiger partial charge in [-0.25, -0.2) is 0 Å². The summed E-state index contributed by atoms with van der Waals surface area (Å²) in [6.07, 6.45) is 3.33. The number of ether oxygens (including phenoxy) is 1. The predicted octanol–water partition coefficient (Wildman–Crippen LogP) is 1.57. The number of likely N-dealkylation sites (tertiary alicyclic amines) is 1.